The third-order valence-corrected chi connectivity index (χ3v) is 4.52. The fourth-order valence-electron chi connectivity index (χ4n) is 2.68. The Morgan fingerprint density at radius 1 is 1.29 bits per heavy atom. The van der Waals surface area contributed by atoms with Gasteiger partial charge in [0, 0.05) is 18.8 Å². The third-order valence-electron chi connectivity index (χ3n) is 4.52. The molecule has 0 bridgehead atoms. The summed E-state index contributed by atoms with van der Waals surface area (Å²) in [5.41, 5.74) is 5.27. The molecule has 0 aliphatic heterocycles. The SMILES string of the molecule is CC/C=C\C[C@H]1C(=O)CC[C@@H]1CC(=O)O.CCC(C)C(N)C(=O)O. The number of hydrogen-bond donors (Lipinski definition) is 3. The van der Waals surface area contributed by atoms with Crippen LogP contribution in [0, 0.1) is 17.8 Å². The van der Waals surface area contributed by atoms with Crippen molar-refractivity contribution in [3.63, 3.8) is 0 Å². The Kier molecular flexibility index (Phi) is 11.0. The molecule has 138 valence electrons. The number of carboxylic acids is 2. The van der Waals surface area contributed by atoms with Gasteiger partial charge in [-0.2, -0.15) is 0 Å². The molecule has 2 unspecified atom stereocenters. The van der Waals surface area contributed by atoms with Gasteiger partial charge in [-0.05, 0) is 31.1 Å². The van der Waals surface area contributed by atoms with Crippen molar-refractivity contribution in [1.82, 2.24) is 0 Å². The predicted octanol–water partition coefficient (Wildman–Crippen LogP) is 2.86. The molecule has 6 nitrogen and oxygen atoms in total. The molecule has 0 radical (unpaired) electrons. The lowest BCUT2D eigenvalue weighted by atomic mass is 9.89. The van der Waals surface area contributed by atoms with Crippen LogP contribution < -0.4 is 5.73 Å². The van der Waals surface area contributed by atoms with Crippen molar-refractivity contribution in [3.05, 3.63) is 12.2 Å². The fraction of sp³-hybridized carbons (Fsp3) is 0.722. The minimum atomic E-state index is -0.913. The molecule has 1 fully saturated rings. The van der Waals surface area contributed by atoms with Gasteiger partial charge in [0.05, 0.1) is 0 Å². The second-order valence-corrected chi connectivity index (χ2v) is 6.33. The van der Waals surface area contributed by atoms with Gasteiger partial charge in [-0.1, -0.05) is 39.3 Å². The molecular formula is C18H31NO5. The summed E-state index contributed by atoms with van der Waals surface area (Å²) in [6.45, 7) is 5.80. The average molecular weight is 341 g/mol. The molecule has 0 amide bonds. The van der Waals surface area contributed by atoms with Crippen LogP contribution in [0.1, 0.15) is 59.3 Å². The van der Waals surface area contributed by atoms with E-state index in [0.717, 1.165) is 19.3 Å². The van der Waals surface area contributed by atoms with Gasteiger partial charge in [0.25, 0.3) is 0 Å². The van der Waals surface area contributed by atoms with E-state index < -0.39 is 18.0 Å². The zero-order valence-corrected chi connectivity index (χ0v) is 14.9. The Morgan fingerprint density at radius 2 is 1.92 bits per heavy atom. The number of Topliss-reactive ketones (excluding diaryl/α,β-unsaturated/α-hetero) is 1. The second-order valence-electron chi connectivity index (χ2n) is 6.33. The normalized spacial score (nSPS) is 22.8. The van der Waals surface area contributed by atoms with E-state index in [1.54, 1.807) is 0 Å². The second kappa shape index (κ2) is 11.8. The van der Waals surface area contributed by atoms with Crippen molar-refractivity contribution in [3.8, 4) is 0 Å². The van der Waals surface area contributed by atoms with Crippen molar-refractivity contribution in [2.45, 2.75) is 65.3 Å². The molecule has 1 aliphatic carbocycles. The van der Waals surface area contributed by atoms with Crippen LogP contribution in [0.3, 0.4) is 0 Å². The summed E-state index contributed by atoms with van der Waals surface area (Å²) in [7, 11) is 0. The fourth-order valence-corrected chi connectivity index (χ4v) is 2.68. The molecule has 0 saturated heterocycles. The van der Waals surface area contributed by atoms with Gasteiger partial charge >= 0.3 is 11.9 Å². The zero-order chi connectivity index (χ0) is 18.7. The van der Waals surface area contributed by atoms with Gasteiger partial charge in [0.2, 0.25) is 0 Å². The van der Waals surface area contributed by atoms with Crippen molar-refractivity contribution in [1.29, 1.82) is 0 Å². The third kappa shape index (κ3) is 8.24. The van der Waals surface area contributed by atoms with Crippen LogP contribution in [0.25, 0.3) is 0 Å². The van der Waals surface area contributed by atoms with Crippen molar-refractivity contribution in [2.75, 3.05) is 0 Å². The highest BCUT2D eigenvalue weighted by Crippen LogP contribution is 2.33. The van der Waals surface area contributed by atoms with E-state index in [2.05, 4.69) is 0 Å². The highest BCUT2D eigenvalue weighted by Gasteiger charge is 2.34. The summed E-state index contributed by atoms with van der Waals surface area (Å²) < 4.78 is 0. The highest BCUT2D eigenvalue weighted by molar-refractivity contribution is 5.84. The first kappa shape index (κ1) is 22.3. The largest absolute Gasteiger partial charge is 0.481 e. The van der Waals surface area contributed by atoms with E-state index >= 15 is 0 Å². The number of hydrogen-bond acceptors (Lipinski definition) is 4. The van der Waals surface area contributed by atoms with Crippen LogP contribution in [0.5, 0.6) is 0 Å². The van der Waals surface area contributed by atoms with Gasteiger partial charge in [0.15, 0.2) is 0 Å². The maximum Gasteiger partial charge on any atom is 0.320 e. The minimum Gasteiger partial charge on any atom is -0.481 e. The average Bonchev–Trinajstić information content (AvgIpc) is 2.86. The van der Waals surface area contributed by atoms with E-state index in [4.69, 9.17) is 15.9 Å². The Balaban J connectivity index is 0.000000506. The Bertz CT molecular complexity index is 447. The van der Waals surface area contributed by atoms with Gasteiger partial charge in [-0.3, -0.25) is 14.4 Å². The molecule has 1 saturated carbocycles. The van der Waals surface area contributed by atoms with Gasteiger partial charge in [-0.15, -0.1) is 0 Å². The van der Waals surface area contributed by atoms with Crippen LogP contribution in [-0.2, 0) is 14.4 Å². The van der Waals surface area contributed by atoms with E-state index in [9.17, 15) is 14.4 Å². The molecule has 0 aromatic rings. The molecule has 0 aromatic heterocycles. The van der Waals surface area contributed by atoms with E-state index in [1.807, 2.05) is 32.9 Å². The van der Waals surface area contributed by atoms with Gasteiger partial charge in [-0.25, -0.2) is 0 Å². The first-order valence-corrected chi connectivity index (χ1v) is 8.62. The number of rotatable bonds is 8. The van der Waals surface area contributed by atoms with E-state index in [1.165, 1.54) is 0 Å². The van der Waals surface area contributed by atoms with Crippen molar-refractivity contribution >= 4 is 17.7 Å². The molecule has 0 aromatic carbocycles. The summed E-state index contributed by atoms with van der Waals surface area (Å²) in [6, 6.07) is -0.699. The zero-order valence-electron chi connectivity index (χ0n) is 14.9. The number of aliphatic carboxylic acids is 2. The molecule has 4 atom stereocenters. The van der Waals surface area contributed by atoms with Crippen LogP contribution in [-0.4, -0.2) is 34.0 Å². The molecular weight excluding hydrogens is 310 g/mol. The van der Waals surface area contributed by atoms with E-state index in [-0.39, 0.29) is 30.0 Å². The summed E-state index contributed by atoms with van der Waals surface area (Å²) in [5.74, 6) is -1.39. The van der Waals surface area contributed by atoms with Crippen molar-refractivity contribution in [2.24, 2.45) is 23.5 Å². The van der Waals surface area contributed by atoms with Crippen LogP contribution in [0.15, 0.2) is 12.2 Å². The maximum absolute atomic E-state index is 11.5. The van der Waals surface area contributed by atoms with Crippen LogP contribution in [0.2, 0.25) is 0 Å². The summed E-state index contributed by atoms with van der Waals surface area (Å²) >= 11 is 0. The van der Waals surface area contributed by atoms with Crippen LogP contribution >= 0.6 is 0 Å². The number of carboxylic acid groups (broad SMARTS) is 2. The molecule has 1 aliphatic rings. The summed E-state index contributed by atoms with van der Waals surface area (Å²) in [4.78, 5) is 32.3. The number of ketones is 1. The summed E-state index contributed by atoms with van der Waals surface area (Å²) in [6.07, 6.45) is 7.96. The Labute approximate surface area is 144 Å². The number of carbonyl (C=O) groups is 3. The lowest BCUT2D eigenvalue weighted by molar-refractivity contribution is -0.140. The minimum absolute atomic E-state index is 0.0519. The first-order chi connectivity index (χ1) is 11.2. The monoisotopic (exact) mass is 341 g/mol. The van der Waals surface area contributed by atoms with Crippen molar-refractivity contribution < 1.29 is 24.6 Å². The standard InChI is InChI=1S/C12H18O3.C6H13NO2/c1-2-3-4-5-10-9(8-12(14)15)6-7-11(10)13;1-3-4(2)5(7)6(8)9/h3-4,9-10H,2,5-8H2,1H3,(H,14,15);4-5H,3,7H2,1-2H3,(H,8,9)/b4-3-;/t9-,10-;/m1./s1. The molecule has 1 rings (SSSR count). The maximum atomic E-state index is 11.5. The summed E-state index contributed by atoms with van der Waals surface area (Å²) in [5, 5.41) is 17.1. The lowest BCUT2D eigenvalue weighted by Gasteiger charge is -2.14. The predicted molar refractivity (Wildman–Crippen MR) is 92.6 cm³/mol. The van der Waals surface area contributed by atoms with Gasteiger partial charge in [0.1, 0.15) is 11.8 Å². The van der Waals surface area contributed by atoms with Gasteiger partial charge < -0.3 is 15.9 Å². The Morgan fingerprint density at radius 3 is 2.33 bits per heavy atom. The number of allylic oxidation sites excluding steroid dienone is 2. The molecule has 4 N–H and O–H groups in total. The smallest absolute Gasteiger partial charge is 0.320 e. The van der Waals surface area contributed by atoms with E-state index in [0.29, 0.717) is 12.8 Å². The Hall–Kier alpha value is -1.69. The molecule has 0 spiro atoms. The highest BCUT2D eigenvalue weighted by atomic mass is 16.4. The quantitative estimate of drug-likeness (QED) is 0.584. The molecule has 24 heavy (non-hydrogen) atoms. The van der Waals surface area contributed by atoms with Crippen LogP contribution in [0.4, 0.5) is 0 Å². The number of nitrogens with two attached hydrogens (primary N) is 1. The molecule has 6 heteroatoms. The number of carbonyl (C=O) groups excluding carboxylic acids is 1. The lowest BCUT2D eigenvalue weighted by Crippen LogP contribution is -2.36. The topological polar surface area (TPSA) is 118 Å². The molecule has 0 heterocycles. The first-order valence-electron chi connectivity index (χ1n) is 8.62.